The Labute approximate surface area is 85.3 Å². The normalized spacial score (nSPS) is 48.9. The summed E-state index contributed by atoms with van der Waals surface area (Å²) >= 11 is 0. The summed E-state index contributed by atoms with van der Waals surface area (Å²) in [5.41, 5.74) is 0.279. The summed E-state index contributed by atoms with van der Waals surface area (Å²) in [6.45, 7) is 0. The van der Waals surface area contributed by atoms with Crippen molar-refractivity contribution in [2.45, 2.75) is 32.1 Å². The van der Waals surface area contributed by atoms with Crippen LogP contribution in [0.3, 0.4) is 0 Å². The molecule has 2 aliphatic carbocycles. The molecule has 2 nitrogen and oxygen atoms in total. The first-order chi connectivity index (χ1) is 6.58. The second-order valence-corrected chi connectivity index (χ2v) is 7.39. The summed E-state index contributed by atoms with van der Waals surface area (Å²) in [6, 6.07) is 0. The zero-order valence-corrected chi connectivity index (χ0v) is 9.15. The Bertz CT molecular complexity index is 366. The highest BCUT2D eigenvalue weighted by molar-refractivity contribution is 7.91. The van der Waals surface area contributed by atoms with Crippen LogP contribution < -0.4 is 0 Å². The van der Waals surface area contributed by atoms with E-state index in [1.807, 2.05) is 0 Å². The van der Waals surface area contributed by atoms with Gasteiger partial charge in [-0.25, -0.2) is 8.42 Å². The third kappa shape index (κ3) is 0.940. The van der Waals surface area contributed by atoms with Gasteiger partial charge >= 0.3 is 0 Å². The van der Waals surface area contributed by atoms with Crippen LogP contribution in [0.5, 0.6) is 0 Å². The lowest BCUT2D eigenvalue weighted by Crippen LogP contribution is -2.37. The van der Waals surface area contributed by atoms with Crippen LogP contribution in [0, 0.1) is 10.8 Å². The van der Waals surface area contributed by atoms with Gasteiger partial charge in [-0.3, -0.25) is 0 Å². The average molecular weight is 212 g/mol. The summed E-state index contributed by atoms with van der Waals surface area (Å²) in [5, 5.41) is 0. The van der Waals surface area contributed by atoms with Gasteiger partial charge in [-0.2, -0.15) is 0 Å². The molecule has 0 N–H and O–H groups in total. The molecule has 78 valence electrons. The number of allylic oxidation sites excluding steroid dienone is 2. The van der Waals surface area contributed by atoms with E-state index in [0.717, 1.165) is 25.7 Å². The van der Waals surface area contributed by atoms with Crippen LogP contribution in [0.15, 0.2) is 12.2 Å². The van der Waals surface area contributed by atoms with E-state index in [-0.39, 0.29) is 10.8 Å². The van der Waals surface area contributed by atoms with Crippen LogP contribution in [0.2, 0.25) is 0 Å². The molecular weight excluding hydrogens is 196 g/mol. The molecule has 0 aromatic carbocycles. The standard InChI is InChI=1S/C11H16O2S/c12-14(13)8-10-4-1-2-5-11(10,9-14)7-3-6-10/h1-2H,3-9H2. The summed E-state index contributed by atoms with van der Waals surface area (Å²) in [7, 11) is -2.75. The summed E-state index contributed by atoms with van der Waals surface area (Å²) in [5.74, 6) is 0.925. The molecule has 0 amide bonds. The zero-order valence-electron chi connectivity index (χ0n) is 8.33. The second kappa shape index (κ2) is 2.43. The van der Waals surface area contributed by atoms with Gasteiger partial charge in [0.2, 0.25) is 0 Å². The second-order valence-electron chi connectivity index (χ2n) is 5.33. The molecule has 2 atom stereocenters. The lowest BCUT2D eigenvalue weighted by atomic mass is 9.62. The number of sulfone groups is 1. The van der Waals surface area contributed by atoms with Crippen molar-refractivity contribution in [3.63, 3.8) is 0 Å². The van der Waals surface area contributed by atoms with Gasteiger partial charge < -0.3 is 0 Å². The van der Waals surface area contributed by atoms with E-state index in [2.05, 4.69) is 12.2 Å². The Hall–Kier alpha value is -0.310. The predicted molar refractivity (Wildman–Crippen MR) is 55.7 cm³/mol. The Morgan fingerprint density at radius 1 is 0.929 bits per heavy atom. The topological polar surface area (TPSA) is 34.1 Å². The quantitative estimate of drug-likeness (QED) is 0.575. The summed E-state index contributed by atoms with van der Waals surface area (Å²) in [4.78, 5) is 0. The number of hydrogen-bond donors (Lipinski definition) is 0. The molecule has 0 spiro atoms. The molecule has 1 saturated carbocycles. The largest absolute Gasteiger partial charge is 0.229 e. The van der Waals surface area contributed by atoms with Crippen molar-refractivity contribution in [2.24, 2.45) is 10.8 Å². The summed E-state index contributed by atoms with van der Waals surface area (Å²) in [6.07, 6.45) is 9.91. The van der Waals surface area contributed by atoms with Gasteiger partial charge in [0.25, 0.3) is 0 Å². The first kappa shape index (κ1) is 8.96. The minimum Gasteiger partial charge on any atom is -0.229 e. The molecule has 1 heterocycles. The van der Waals surface area contributed by atoms with Crippen LogP contribution in [0.25, 0.3) is 0 Å². The van der Waals surface area contributed by atoms with Gasteiger partial charge in [-0.1, -0.05) is 18.6 Å². The van der Waals surface area contributed by atoms with Crippen molar-refractivity contribution in [1.82, 2.24) is 0 Å². The maximum Gasteiger partial charge on any atom is 0.151 e. The average Bonchev–Trinajstić information content (AvgIpc) is 2.50. The van der Waals surface area contributed by atoms with Crippen LogP contribution in [-0.2, 0) is 9.84 Å². The monoisotopic (exact) mass is 212 g/mol. The fourth-order valence-corrected chi connectivity index (χ4v) is 6.93. The molecule has 0 aromatic rings. The summed E-state index contributed by atoms with van der Waals surface area (Å²) < 4.78 is 23.5. The van der Waals surface area contributed by atoms with Gasteiger partial charge in [0.05, 0.1) is 11.5 Å². The maximum absolute atomic E-state index is 11.8. The number of hydrogen-bond acceptors (Lipinski definition) is 2. The third-order valence-corrected chi connectivity index (χ3v) is 6.60. The Morgan fingerprint density at radius 2 is 1.43 bits per heavy atom. The van der Waals surface area contributed by atoms with Crippen molar-refractivity contribution in [3.8, 4) is 0 Å². The first-order valence-corrected chi connectivity index (χ1v) is 7.25. The van der Waals surface area contributed by atoms with Crippen LogP contribution in [0.1, 0.15) is 32.1 Å². The Morgan fingerprint density at radius 3 is 1.93 bits per heavy atom. The van der Waals surface area contributed by atoms with E-state index in [0.29, 0.717) is 11.5 Å². The molecule has 1 aliphatic heterocycles. The maximum atomic E-state index is 11.8. The van der Waals surface area contributed by atoms with Crippen molar-refractivity contribution in [2.75, 3.05) is 11.5 Å². The van der Waals surface area contributed by atoms with E-state index in [9.17, 15) is 8.42 Å². The molecular formula is C11H16O2S. The molecule has 3 rings (SSSR count). The highest BCUT2D eigenvalue weighted by Crippen LogP contribution is 2.64. The molecule has 0 bridgehead atoms. The third-order valence-electron chi connectivity index (χ3n) is 4.61. The lowest BCUT2D eigenvalue weighted by molar-refractivity contribution is 0.131. The van der Waals surface area contributed by atoms with Crippen molar-refractivity contribution in [1.29, 1.82) is 0 Å². The Balaban J connectivity index is 2.14. The fourth-order valence-electron chi connectivity index (χ4n) is 4.01. The lowest BCUT2D eigenvalue weighted by Gasteiger charge is -2.40. The van der Waals surface area contributed by atoms with Crippen molar-refractivity contribution in [3.05, 3.63) is 12.2 Å². The van der Waals surface area contributed by atoms with E-state index < -0.39 is 9.84 Å². The van der Waals surface area contributed by atoms with Gasteiger partial charge in [-0.05, 0) is 36.5 Å². The van der Waals surface area contributed by atoms with E-state index in [1.165, 1.54) is 6.42 Å². The molecule has 1 saturated heterocycles. The number of rotatable bonds is 0. The van der Waals surface area contributed by atoms with Crippen LogP contribution >= 0.6 is 0 Å². The fraction of sp³-hybridized carbons (Fsp3) is 0.818. The van der Waals surface area contributed by atoms with Gasteiger partial charge in [0.1, 0.15) is 0 Å². The first-order valence-electron chi connectivity index (χ1n) is 5.43. The van der Waals surface area contributed by atoms with E-state index in [4.69, 9.17) is 0 Å². The van der Waals surface area contributed by atoms with Gasteiger partial charge in [0.15, 0.2) is 9.84 Å². The van der Waals surface area contributed by atoms with Gasteiger partial charge in [-0.15, -0.1) is 0 Å². The highest BCUT2D eigenvalue weighted by Gasteiger charge is 2.62. The van der Waals surface area contributed by atoms with E-state index in [1.54, 1.807) is 0 Å². The smallest absolute Gasteiger partial charge is 0.151 e. The zero-order chi connectivity index (χ0) is 9.86. The minimum atomic E-state index is -2.75. The van der Waals surface area contributed by atoms with Crippen LogP contribution in [-0.4, -0.2) is 19.9 Å². The molecule has 14 heavy (non-hydrogen) atoms. The molecule has 3 heteroatoms. The predicted octanol–water partition coefficient (Wildman–Crippen LogP) is 1.92. The molecule has 2 unspecified atom stereocenters. The van der Waals surface area contributed by atoms with E-state index >= 15 is 0 Å². The van der Waals surface area contributed by atoms with Gasteiger partial charge in [0, 0.05) is 0 Å². The minimum absolute atomic E-state index is 0.139. The van der Waals surface area contributed by atoms with Crippen LogP contribution in [0.4, 0.5) is 0 Å². The van der Waals surface area contributed by atoms with Crippen molar-refractivity contribution >= 4 is 9.84 Å². The molecule has 2 fully saturated rings. The SMILES string of the molecule is O=S1(=O)CC23CC=CCC2(CCC3)C1. The highest BCUT2D eigenvalue weighted by atomic mass is 32.2. The molecule has 3 aliphatic rings. The molecule has 0 radical (unpaired) electrons. The molecule has 0 aromatic heterocycles. The van der Waals surface area contributed by atoms with Crippen molar-refractivity contribution < 1.29 is 8.42 Å². The Kier molecular flexibility index (Phi) is 1.56.